The molecule has 0 saturated heterocycles. The van der Waals surface area contributed by atoms with Crippen LogP contribution in [0.5, 0.6) is 0 Å². The third-order valence-corrected chi connectivity index (χ3v) is 4.12. The molecule has 1 amide bonds. The second-order valence-electron chi connectivity index (χ2n) is 4.85. The second-order valence-corrected chi connectivity index (χ2v) is 6.27. The zero-order chi connectivity index (χ0) is 14.3. The summed E-state index contributed by atoms with van der Waals surface area (Å²) in [4.78, 5) is 12.8. The van der Waals surface area contributed by atoms with E-state index in [1.807, 2.05) is 24.3 Å². The normalized spacial score (nSPS) is 11.8. The van der Waals surface area contributed by atoms with Crippen molar-refractivity contribution in [2.45, 2.75) is 31.2 Å². The van der Waals surface area contributed by atoms with Gasteiger partial charge in [0.15, 0.2) is 0 Å². The van der Waals surface area contributed by atoms with Gasteiger partial charge >= 0.3 is 0 Å². The number of nitrogens with two attached hydrogens (primary N) is 1. The van der Waals surface area contributed by atoms with Crippen LogP contribution in [-0.2, 0) is 4.79 Å². The Morgan fingerprint density at radius 2 is 2.05 bits per heavy atom. The van der Waals surface area contributed by atoms with Crippen molar-refractivity contribution in [3.63, 3.8) is 0 Å². The van der Waals surface area contributed by atoms with Gasteiger partial charge in [-0.2, -0.15) is 0 Å². The zero-order valence-electron chi connectivity index (χ0n) is 11.8. The maximum atomic E-state index is 11.8. The van der Waals surface area contributed by atoms with Crippen molar-refractivity contribution in [1.29, 1.82) is 0 Å². The molecule has 0 aliphatic carbocycles. The summed E-state index contributed by atoms with van der Waals surface area (Å²) < 4.78 is 0. The number of thioether (sulfide) groups is 1. The summed E-state index contributed by atoms with van der Waals surface area (Å²) in [5.74, 6) is 0.879. The molecule has 114 valence electrons. The lowest BCUT2D eigenvalue weighted by Gasteiger charge is -2.18. The molecule has 3 nitrogen and oxygen atoms in total. The minimum Gasteiger partial charge on any atom is -0.351 e. The van der Waals surface area contributed by atoms with Crippen LogP contribution in [0.25, 0.3) is 0 Å². The molecule has 1 rings (SSSR count). The van der Waals surface area contributed by atoms with Crippen molar-refractivity contribution >= 4 is 41.7 Å². The molecule has 0 bridgehead atoms. The number of hydrogen-bond acceptors (Lipinski definition) is 3. The van der Waals surface area contributed by atoms with Gasteiger partial charge in [0, 0.05) is 17.5 Å². The fourth-order valence-electron chi connectivity index (χ4n) is 1.76. The van der Waals surface area contributed by atoms with Gasteiger partial charge in [-0.05, 0) is 24.5 Å². The number of carbonyl (C=O) groups excluding carboxylic acids is 1. The largest absolute Gasteiger partial charge is 0.351 e. The van der Waals surface area contributed by atoms with Crippen LogP contribution in [-0.4, -0.2) is 24.2 Å². The molecule has 0 aliphatic rings. The molecule has 1 aromatic rings. The Labute approximate surface area is 136 Å². The Morgan fingerprint density at radius 1 is 1.40 bits per heavy atom. The lowest BCUT2D eigenvalue weighted by Crippen LogP contribution is -2.41. The fraction of sp³-hybridized carbons (Fsp3) is 0.500. The molecule has 6 heteroatoms. The van der Waals surface area contributed by atoms with E-state index in [4.69, 9.17) is 17.3 Å². The average Bonchev–Trinajstić information content (AvgIpc) is 2.36. The summed E-state index contributed by atoms with van der Waals surface area (Å²) >= 11 is 7.48. The Balaban J connectivity index is 0.00000361. The highest BCUT2D eigenvalue weighted by Gasteiger charge is 2.13. The number of carbonyl (C=O) groups is 1. The molecule has 0 saturated carbocycles. The highest BCUT2D eigenvalue weighted by molar-refractivity contribution is 8.00. The number of benzene rings is 1. The Kier molecular flexibility index (Phi) is 10.1. The summed E-state index contributed by atoms with van der Waals surface area (Å²) in [5.41, 5.74) is 5.66. The SMILES string of the molecule is CC(C)CC(CN)NC(=O)CSc1ccccc1Cl.Cl. The van der Waals surface area contributed by atoms with Crippen molar-refractivity contribution in [1.82, 2.24) is 5.32 Å². The molecule has 3 N–H and O–H groups in total. The van der Waals surface area contributed by atoms with Crippen LogP contribution in [0.4, 0.5) is 0 Å². The first-order valence-electron chi connectivity index (χ1n) is 6.39. The second kappa shape index (κ2) is 10.3. The molecule has 1 atom stereocenters. The van der Waals surface area contributed by atoms with Gasteiger partial charge in [-0.25, -0.2) is 0 Å². The fourth-order valence-corrected chi connectivity index (χ4v) is 2.81. The Bertz CT molecular complexity index is 416. The molecule has 0 aromatic heterocycles. The van der Waals surface area contributed by atoms with Crippen LogP contribution >= 0.6 is 35.8 Å². The highest BCUT2D eigenvalue weighted by atomic mass is 35.5. The minimum atomic E-state index is 0. The molecule has 1 aromatic carbocycles. The van der Waals surface area contributed by atoms with Gasteiger partial charge in [-0.1, -0.05) is 37.6 Å². The Morgan fingerprint density at radius 3 is 2.60 bits per heavy atom. The zero-order valence-corrected chi connectivity index (χ0v) is 14.2. The quantitative estimate of drug-likeness (QED) is 0.750. The van der Waals surface area contributed by atoms with Crippen LogP contribution in [0.15, 0.2) is 29.2 Å². The molecule has 20 heavy (non-hydrogen) atoms. The van der Waals surface area contributed by atoms with Crippen molar-refractivity contribution < 1.29 is 4.79 Å². The number of amides is 1. The topological polar surface area (TPSA) is 55.1 Å². The first-order chi connectivity index (χ1) is 9.02. The van der Waals surface area contributed by atoms with Gasteiger partial charge in [0.25, 0.3) is 0 Å². The summed E-state index contributed by atoms with van der Waals surface area (Å²) in [6.07, 6.45) is 0.902. The highest BCUT2D eigenvalue weighted by Crippen LogP contribution is 2.26. The monoisotopic (exact) mass is 336 g/mol. The third kappa shape index (κ3) is 7.39. The predicted octanol–water partition coefficient (Wildman–Crippen LogP) is 3.34. The summed E-state index contributed by atoms with van der Waals surface area (Å²) in [6.45, 7) is 4.71. The Hall–Kier alpha value is -0.420. The van der Waals surface area contributed by atoms with E-state index in [0.29, 0.717) is 23.2 Å². The van der Waals surface area contributed by atoms with Gasteiger partial charge in [0.1, 0.15) is 0 Å². The first-order valence-corrected chi connectivity index (χ1v) is 7.76. The van der Waals surface area contributed by atoms with Crippen molar-refractivity contribution in [2.24, 2.45) is 11.7 Å². The lowest BCUT2D eigenvalue weighted by atomic mass is 10.0. The van der Waals surface area contributed by atoms with E-state index in [-0.39, 0.29) is 24.4 Å². The summed E-state index contributed by atoms with van der Waals surface area (Å²) in [5, 5.41) is 3.64. The average molecular weight is 337 g/mol. The van der Waals surface area contributed by atoms with E-state index in [9.17, 15) is 4.79 Å². The minimum absolute atomic E-state index is 0. The third-order valence-electron chi connectivity index (χ3n) is 2.60. The van der Waals surface area contributed by atoms with E-state index in [0.717, 1.165) is 11.3 Å². The lowest BCUT2D eigenvalue weighted by molar-refractivity contribution is -0.119. The van der Waals surface area contributed by atoms with Crippen LogP contribution < -0.4 is 11.1 Å². The summed E-state index contributed by atoms with van der Waals surface area (Å²) in [6, 6.07) is 7.57. The predicted molar refractivity (Wildman–Crippen MR) is 89.9 cm³/mol. The first kappa shape index (κ1) is 19.6. The van der Waals surface area contributed by atoms with Crippen LogP contribution in [0, 0.1) is 5.92 Å². The molecule has 0 radical (unpaired) electrons. The maximum Gasteiger partial charge on any atom is 0.230 e. The van der Waals surface area contributed by atoms with Gasteiger partial charge in [-0.15, -0.1) is 24.2 Å². The molecular weight excluding hydrogens is 315 g/mol. The number of hydrogen-bond donors (Lipinski definition) is 2. The van der Waals surface area contributed by atoms with E-state index < -0.39 is 0 Å². The van der Waals surface area contributed by atoms with E-state index in [1.165, 1.54) is 11.8 Å². The number of halogens is 2. The molecule has 0 heterocycles. The smallest absolute Gasteiger partial charge is 0.230 e. The van der Waals surface area contributed by atoms with E-state index in [1.54, 1.807) is 0 Å². The standard InChI is InChI=1S/C14H21ClN2OS.ClH/c1-10(2)7-11(8-16)17-14(18)9-19-13-6-4-3-5-12(13)15;/h3-6,10-11H,7-9,16H2,1-2H3,(H,17,18);1H. The molecule has 0 fully saturated rings. The van der Waals surface area contributed by atoms with Gasteiger partial charge < -0.3 is 11.1 Å². The maximum absolute atomic E-state index is 11.8. The molecule has 0 spiro atoms. The van der Waals surface area contributed by atoms with Crippen LogP contribution in [0.3, 0.4) is 0 Å². The van der Waals surface area contributed by atoms with Crippen LogP contribution in [0.2, 0.25) is 5.02 Å². The van der Waals surface area contributed by atoms with Crippen molar-refractivity contribution in [3.05, 3.63) is 29.3 Å². The van der Waals surface area contributed by atoms with Gasteiger partial charge in [0.05, 0.1) is 10.8 Å². The number of rotatable bonds is 7. The van der Waals surface area contributed by atoms with Crippen molar-refractivity contribution in [3.8, 4) is 0 Å². The van der Waals surface area contributed by atoms with Gasteiger partial charge in [-0.3, -0.25) is 4.79 Å². The van der Waals surface area contributed by atoms with Crippen LogP contribution in [0.1, 0.15) is 20.3 Å². The molecular formula is C14H22Cl2N2OS. The molecule has 0 aliphatic heterocycles. The molecule has 1 unspecified atom stereocenters. The van der Waals surface area contributed by atoms with E-state index in [2.05, 4.69) is 19.2 Å². The summed E-state index contributed by atoms with van der Waals surface area (Å²) in [7, 11) is 0. The van der Waals surface area contributed by atoms with E-state index >= 15 is 0 Å². The van der Waals surface area contributed by atoms with Crippen molar-refractivity contribution in [2.75, 3.05) is 12.3 Å². The van der Waals surface area contributed by atoms with Gasteiger partial charge in [0.2, 0.25) is 5.91 Å². The number of nitrogens with one attached hydrogen (secondary N) is 1.